The first-order valence-corrected chi connectivity index (χ1v) is 12.8. The molecule has 1 aliphatic rings. The Hall–Kier alpha value is -2.92. The summed E-state index contributed by atoms with van der Waals surface area (Å²) in [5.74, 6) is 1.36. The third-order valence-electron chi connectivity index (χ3n) is 6.79. The van der Waals surface area contributed by atoms with Crippen LogP contribution in [0.5, 0.6) is 5.75 Å². The summed E-state index contributed by atoms with van der Waals surface area (Å²) >= 11 is 1.67. The molecule has 0 spiro atoms. The zero-order valence-electron chi connectivity index (χ0n) is 20.8. The molecule has 1 unspecified atom stereocenters. The lowest BCUT2D eigenvalue weighted by atomic mass is 9.72. The Bertz CT molecular complexity index is 1190. The number of aryl methyl sites for hydroxylation is 1. The predicted molar refractivity (Wildman–Crippen MR) is 143 cm³/mol. The van der Waals surface area contributed by atoms with Gasteiger partial charge in [-0.2, -0.15) is 0 Å². The number of para-hydroxylation sites is 1. The highest BCUT2D eigenvalue weighted by atomic mass is 32.1. The standard InChI is InChI=1S/C29H34N2O2S/c1-6-20-9-7-8-10-24(20)31-27(32)26-23-16-13-21(29(2,3)4)17-25(23)34-28(26)30-18-19-11-14-22(33-5)15-12-19/h7-12,14-15,18,21H,6,13,16-17H2,1-5H3,(H,31,32). The average molecular weight is 475 g/mol. The summed E-state index contributed by atoms with van der Waals surface area (Å²) in [4.78, 5) is 19.7. The molecule has 5 heteroatoms. The highest BCUT2D eigenvalue weighted by Crippen LogP contribution is 2.45. The average Bonchev–Trinajstić information content (AvgIpc) is 3.20. The number of aliphatic imine (C=N–C) groups is 1. The van der Waals surface area contributed by atoms with Gasteiger partial charge in [-0.15, -0.1) is 11.3 Å². The van der Waals surface area contributed by atoms with Crippen LogP contribution in [0.25, 0.3) is 0 Å². The fourth-order valence-corrected chi connectivity index (χ4v) is 5.86. The Morgan fingerprint density at radius 3 is 2.59 bits per heavy atom. The summed E-state index contributed by atoms with van der Waals surface area (Å²) < 4.78 is 5.26. The van der Waals surface area contributed by atoms with Gasteiger partial charge in [0.15, 0.2) is 0 Å². The molecular weight excluding hydrogens is 440 g/mol. The minimum absolute atomic E-state index is 0.0607. The second-order valence-corrected chi connectivity index (χ2v) is 11.1. The molecule has 2 aromatic carbocycles. The predicted octanol–water partition coefficient (Wildman–Crippen LogP) is 7.47. The number of rotatable bonds is 6. The SMILES string of the molecule is CCc1ccccc1NC(=O)c1c(N=Cc2ccc(OC)cc2)sc2c1CCC(C(C)(C)C)C2. The van der Waals surface area contributed by atoms with E-state index in [-0.39, 0.29) is 11.3 Å². The Kier molecular flexibility index (Phi) is 7.22. The molecule has 4 nitrogen and oxygen atoms in total. The van der Waals surface area contributed by atoms with Gasteiger partial charge >= 0.3 is 0 Å². The fourth-order valence-electron chi connectivity index (χ4n) is 4.59. The zero-order chi connectivity index (χ0) is 24.3. The third-order valence-corrected chi connectivity index (χ3v) is 7.95. The number of carbonyl (C=O) groups excluding carboxylic acids is 1. The summed E-state index contributed by atoms with van der Waals surface area (Å²) in [7, 11) is 1.66. The fraction of sp³-hybridized carbons (Fsp3) is 0.379. The van der Waals surface area contributed by atoms with E-state index < -0.39 is 0 Å². The molecule has 0 saturated heterocycles. The Morgan fingerprint density at radius 2 is 1.91 bits per heavy atom. The van der Waals surface area contributed by atoms with Crippen molar-refractivity contribution < 1.29 is 9.53 Å². The lowest BCUT2D eigenvalue weighted by Crippen LogP contribution is -2.27. The topological polar surface area (TPSA) is 50.7 Å². The molecule has 0 bridgehead atoms. The lowest BCUT2D eigenvalue weighted by Gasteiger charge is -2.33. The largest absolute Gasteiger partial charge is 0.497 e. The van der Waals surface area contributed by atoms with Crippen LogP contribution in [-0.4, -0.2) is 19.2 Å². The van der Waals surface area contributed by atoms with Crippen LogP contribution in [0.15, 0.2) is 53.5 Å². The van der Waals surface area contributed by atoms with E-state index in [9.17, 15) is 4.79 Å². The van der Waals surface area contributed by atoms with Gasteiger partial charge in [-0.25, -0.2) is 4.99 Å². The van der Waals surface area contributed by atoms with E-state index in [1.165, 1.54) is 10.4 Å². The van der Waals surface area contributed by atoms with Crippen molar-refractivity contribution in [3.8, 4) is 5.75 Å². The maximum atomic E-state index is 13.6. The Labute approximate surface area is 207 Å². The molecule has 1 N–H and O–H groups in total. The molecule has 0 aliphatic heterocycles. The van der Waals surface area contributed by atoms with E-state index in [1.54, 1.807) is 18.4 Å². The molecule has 0 radical (unpaired) electrons. The number of thiophene rings is 1. The van der Waals surface area contributed by atoms with Crippen LogP contribution in [0.4, 0.5) is 10.7 Å². The normalized spacial score (nSPS) is 15.9. The van der Waals surface area contributed by atoms with Crippen molar-refractivity contribution in [2.45, 2.75) is 53.4 Å². The maximum absolute atomic E-state index is 13.6. The molecule has 3 aromatic rings. The highest BCUT2D eigenvalue weighted by molar-refractivity contribution is 7.16. The number of amides is 1. The van der Waals surface area contributed by atoms with Crippen LogP contribution in [0, 0.1) is 11.3 Å². The van der Waals surface area contributed by atoms with Gasteiger partial charge in [0, 0.05) is 16.8 Å². The van der Waals surface area contributed by atoms with Crippen molar-refractivity contribution in [3.63, 3.8) is 0 Å². The molecule has 1 aliphatic carbocycles. The Morgan fingerprint density at radius 1 is 1.18 bits per heavy atom. The summed E-state index contributed by atoms with van der Waals surface area (Å²) in [6, 6.07) is 15.8. The van der Waals surface area contributed by atoms with Crippen molar-refractivity contribution in [3.05, 3.63) is 75.7 Å². The minimum Gasteiger partial charge on any atom is -0.497 e. The van der Waals surface area contributed by atoms with Crippen molar-refractivity contribution in [2.75, 3.05) is 12.4 Å². The van der Waals surface area contributed by atoms with Crippen molar-refractivity contribution in [2.24, 2.45) is 16.3 Å². The number of hydrogen-bond donors (Lipinski definition) is 1. The first kappa shape index (κ1) is 24.2. The summed E-state index contributed by atoms with van der Waals surface area (Å²) in [5.41, 5.74) is 5.15. The number of carbonyl (C=O) groups is 1. The van der Waals surface area contributed by atoms with Crippen molar-refractivity contribution >= 4 is 34.1 Å². The first-order valence-electron chi connectivity index (χ1n) is 12.0. The van der Waals surface area contributed by atoms with Crippen molar-refractivity contribution in [1.82, 2.24) is 0 Å². The summed E-state index contributed by atoms with van der Waals surface area (Å²) in [6.07, 6.45) is 5.74. The van der Waals surface area contributed by atoms with Crippen LogP contribution in [-0.2, 0) is 19.3 Å². The monoisotopic (exact) mass is 474 g/mol. The van der Waals surface area contributed by atoms with E-state index in [0.717, 1.165) is 58.8 Å². The number of benzene rings is 2. The molecule has 0 saturated carbocycles. The smallest absolute Gasteiger partial charge is 0.259 e. The van der Waals surface area contributed by atoms with Gasteiger partial charge in [-0.05, 0) is 84.0 Å². The van der Waals surface area contributed by atoms with Crippen LogP contribution < -0.4 is 10.1 Å². The number of methoxy groups -OCH3 is 1. The van der Waals surface area contributed by atoms with E-state index in [1.807, 2.05) is 48.7 Å². The molecule has 1 amide bonds. The van der Waals surface area contributed by atoms with Gasteiger partial charge in [0.25, 0.3) is 5.91 Å². The maximum Gasteiger partial charge on any atom is 0.259 e. The number of ether oxygens (including phenoxy) is 1. The van der Waals surface area contributed by atoms with Gasteiger partial charge in [0.2, 0.25) is 0 Å². The van der Waals surface area contributed by atoms with Gasteiger partial charge in [-0.3, -0.25) is 4.79 Å². The Balaban J connectivity index is 1.70. The molecule has 0 fully saturated rings. The first-order chi connectivity index (χ1) is 16.3. The van der Waals surface area contributed by atoms with E-state index in [0.29, 0.717) is 5.92 Å². The quantitative estimate of drug-likeness (QED) is 0.377. The van der Waals surface area contributed by atoms with Gasteiger partial charge in [0.05, 0.1) is 12.7 Å². The lowest BCUT2D eigenvalue weighted by molar-refractivity contribution is 0.102. The molecule has 1 heterocycles. The molecule has 1 atom stereocenters. The van der Waals surface area contributed by atoms with Crippen LogP contribution in [0.1, 0.15) is 66.0 Å². The van der Waals surface area contributed by atoms with Crippen LogP contribution >= 0.6 is 11.3 Å². The second-order valence-electron chi connectivity index (χ2n) is 9.99. The molecule has 34 heavy (non-hydrogen) atoms. The van der Waals surface area contributed by atoms with Gasteiger partial charge in [0.1, 0.15) is 10.8 Å². The number of nitrogens with zero attached hydrogens (tertiary/aromatic N) is 1. The molecule has 178 valence electrons. The third kappa shape index (κ3) is 5.25. The molecular formula is C29H34N2O2S. The van der Waals surface area contributed by atoms with E-state index in [2.05, 4.69) is 39.1 Å². The van der Waals surface area contributed by atoms with Crippen LogP contribution in [0.2, 0.25) is 0 Å². The number of anilines is 1. The number of fused-ring (bicyclic) bond motifs is 1. The highest BCUT2D eigenvalue weighted by Gasteiger charge is 2.33. The number of hydrogen-bond acceptors (Lipinski definition) is 4. The van der Waals surface area contributed by atoms with Gasteiger partial charge in [-0.1, -0.05) is 45.9 Å². The molecule has 1 aromatic heterocycles. The summed E-state index contributed by atoms with van der Waals surface area (Å²) in [6.45, 7) is 9.05. The van der Waals surface area contributed by atoms with Gasteiger partial charge < -0.3 is 10.1 Å². The zero-order valence-corrected chi connectivity index (χ0v) is 21.6. The van der Waals surface area contributed by atoms with Crippen molar-refractivity contribution in [1.29, 1.82) is 0 Å². The van der Waals surface area contributed by atoms with E-state index >= 15 is 0 Å². The summed E-state index contributed by atoms with van der Waals surface area (Å²) in [5, 5.41) is 3.98. The van der Waals surface area contributed by atoms with E-state index in [4.69, 9.17) is 9.73 Å². The second kappa shape index (κ2) is 10.1. The van der Waals surface area contributed by atoms with Crippen LogP contribution in [0.3, 0.4) is 0 Å². The number of nitrogens with one attached hydrogen (secondary N) is 1. The molecule has 4 rings (SSSR count). The minimum atomic E-state index is -0.0607.